The molecule has 1 aromatic rings. The van der Waals surface area contributed by atoms with E-state index in [0.717, 1.165) is 5.56 Å². The van der Waals surface area contributed by atoms with E-state index in [0.29, 0.717) is 11.1 Å². The average Bonchev–Trinajstić information content (AvgIpc) is 1.78. The summed E-state index contributed by atoms with van der Waals surface area (Å²) in [6, 6.07) is 3.46. The van der Waals surface area contributed by atoms with Gasteiger partial charge in [-0.05, 0) is 31.9 Å². The van der Waals surface area contributed by atoms with Gasteiger partial charge in [-0.3, -0.25) is 4.55 Å². The van der Waals surface area contributed by atoms with Crippen LogP contribution >= 0.6 is 0 Å². The molecular formula is C10H15O3S+. The quantitative estimate of drug-likeness (QED) is 0.577. The van der Waals surface area contributed by atoms with Gasteiger partial charge in [0.15, 0.2) is 0 Å². The topological polar surface area (TPSA) is 54.4 Å². The lowest BCUT2D eigenvalue weighted by Crippen LogP contribution is -2.04. The van der Waals surface area contributed by atoms with Gasteiger partial charge in [-0.25, -0.2) is 0 Å². The average molecular weight is 215 g/mol. The zero-order valence-corrected chi connectivity index (χ0v) is 9.64. The summed E-state index contributed by atoms with van der Waals surface area (Å²) in [5.74, 6) is 0. The highest BCUT2D eigenvalue weighted by atomic mass is 32.2. The van der Waals surface area contributed by atoms with Gasteiger partial charge in [0.1, 0.15) is 0 Å². The van der Waals surface area contributed by atoms with E-state index in [9.17, 15) is 8.42 Å². The lowest BCUT2D eigenvalue weighted by atomic mass is 10.1. The van der Waals surface area contributed by atoms with Crippen molar-refractivity contribution in [2.75, 3.05) is 0 Å². The van der Waals surface area contributed by atoms with Crippen molar-refractivity contribution in [1.82, 2.24) is 0 Å². The van der Waals surface area contributed by atoms with E-state index in [1.54, 1.807) is 26.0 Å². The highest BCUT2D eigenvalue weighted by Gasteiger charge is 2.15. The van der Waals surface area contributed by atoms with E-state index in [1.165, 1.54) is 0 Å². The van der Waals surface area contributed by atoms with Crippen LogP contribution in [0.1, 0.15) is 16.7 Å². The van der Waals surface area contributed by atoms with Crippen molar-refractivity contribution in [3.8, 4) is 0 Å². The third kappa shape index (κ3) is 2.49. The lowest BCUT2D eigenvalue weighted by Gasteiger charge is -2.07. The zero-order valence-electron chi connectivity index (χ0n) is 8.83. The second-order valence-corrected chi connectivity index (χ2v) is 4.56. The molecule has 0 unspecified atom stereocenters. The molecule has 0 saturated heterocycles. The fraction of sp³-hybridized carbons (Fsp3) is 0.300. The van der Waals surface area contributed by atoms with E-state index < -0.39 is 10.1 Å². The summed E-state index contributed by atoms with van der Waals surface area (Å²) in [6.07, 6.45) is 0. The SMILES string of the molecule is Cc1cc(C)c(S(=O)(=O)O)c(C)c1.[CH3+]. The van der Waals surface area contributed by atoms with Crippen molar-refractivity contribution in [3.63, 3.8) is 0 Å². The Balaban J connectivity index is 0.00000169. The molecule has 0 aliphatic carbocycles. The Morgan fingerprint density at radius 2 is 1.43 bits per heavy atom. The summed E-state index contributed by atoms with van der Waals surface area (Å²) < 4.78 is 30.8. The normalized spacial score (nSPS) is 10.9. The van der Waals surface area contributed by atoms with Crippen LogP contribution in [-0.4, -0.2) is 13.0 Å². The van der Waals surface area contributed by atoms with E-state index in [1.807, 2.05) is 6.92 Å². The van der Waals surface area contributed by atoms with Crippen LogP contribution in [0.3, 0.4) is 0 Å². The lowest BCUT2D eigenvalue weighted by molar-refractivity contribution is 0.482. The monoisotopic (exact) mass is 215 g/mol. The first-order chi connectivity index (χ1) is 5.82. The molecule has 0 atom stereocenters. The first kappa shape index (κ1) is 13.0. The molecule has 78 valence electrons. The maximum absolute atomic E-state index is 10.9. The van der Waals surface area contributed by atoms with Gasteiger partial charge in [-0.2, -0.15) is 8.42 Å². The third-order valence-corrected chi connectivity index (χ3v) is 3.02. The summed E-state index contributed by atoms with van der Waals surface area (Å²) in [7, 11) is -4.08. The molecule has 4 heteroatoms. The van der Waals surface area contributed by atoms with Gasteiger partial charge in [0.25, 0.3) is 10.1 Å². The Hall–Kier alpha value is -1.00. The first-order valence-electron chi connectivity index (χ1n) is 3.87. The highest BCUT2D eigenvalue weighted by molar-refractivity contribution is 7.86. The van der Waals surface area contributed by atoms with E-state index in [4.69, 9.17) is 4.55 Å². The first-order valence-corrected chi connectivity index (χ1v) is 5.31. The molecule has 0 spiro atoms. The number of rotatable bonds is 1. The standard InChI is InChI=1S/C9H12O3S.CH3/c1-6-4-7(2)9(8(3)5-6)13(10,11)12;/h4-5H,1-3H3,(H,10,11,12);1H3/q;+1. The summed E-state index contributed by atoms with van der Waals surface area (Å²) in [6.45, 7) is 5.22. The predicted octanol–water partition coefficient (Wildman–Crippen LogP) is 2.31. The molecule has 0 radical (unpaired) electrons. The molecule has 14 heavy (non-hydrogen) atoms. The Morgan fingerprint density at radius 3 is 1.71 bits per heavy atom. The van der Waals surface area contributed by atoms with Gasteiger partial charge in [0.05, 0.1) is 4.90 Å². The van der Waals surface area contributed by atoms with Crippen LogP contribution in [0.15, 0.2) is 17.0 Å². The molecule has 0 amide bonds. The number of benzene rings is 1. The van der Waals surface area contributed by atoms with Gasteiger partial charge in [0, 0.05) is 7.43 Å². The third-order valence-electron chi connectivity index (χ3n) is 1.86. The predicted molar refractivity (Wildman–Crippen MR) is 56.9 cm³/mol. The van der Waals surface area contributed by atoms with Gasteiger partial charge in [-0.1, -0.05) is 17.7 Å². The maximum Gasteiger partial charge on any atom is 0.295 e. The van der Waals surface area contributed by atoms with Crippen LogP contribution < -0.4 is 0 Å². The molecule has 0 bridgehead atoms. The molecule has 1 aromatic carbocycles. The van der Waals surface area contributed by atoms with E-state index in [2.05, 4.69) is 0 Å². The molecule has 3 nitrogen and oxygen atoms in total. The molecule has 1 rings (SSSR count). The van der Waals surface area contributed by atoms with Gasteiger partial charge < -0.3 is 0 Å². The molecule has 0 aliphatic rings. The largest absolute Gasteiger partial charge is 0.295 e. The zero-order chi connectivity index (χ0) is 10.2. The van der Waals surface area contributed by atoms with Crippen molar-refractivity contribution in [2.24, 2.45) is 0 Å². The summed E-state index contributed by atoms with van der Waals surface area (Å²) in [4.78, 5) is 0.0260. The highest BCUT2D eigenvalue weighted by Crippen LogP contribution is 2.20. The van der Waals surface area contributed by atoms with Gasteiger partial charge >= 0.3 is 0 Å². The summed E-state index contributed by atoms with van der Waals surface area (Å²) in [5.41, 5.74) is 2.16. The summed E-state index contributed by atoms with van der Waals surface area (Å²) in [5, 5.41) is 0. The molecule has 0 aromatic heterocycles. The molecule has 0 saturated carbocycles. The molecule has 0 aliphatic heterocycles. The minimum atomic E-state index is -4.08. The van der Waals surface area contributed by atoms with Crippen LogP contribution in [0.4, 0.5) is 0 Å². The van der Waals surface area contributed by atoms with Crippen LogP contribution in [-0.2, 0) is 10.1 Å². The van der Waals surface area contributed by atoms with Crippen LogP contribution in [0.2, 0.25) is 0 Å². The molecule has 0 fully saturated rings. The van der Waals surface area contributed by atoms with Gasteiger partial charge in [0.2, 0.25) is 0 Å². The Labute approximate surface area is 85.5 Å². The van der Waals surface area contributed by atoms with Crippen molar-refractivity contribution in [1.29, 1.82) is 0 Å². The minimum absolute atomic E-state index is 0. The van der Waals surface area contributed by atoms with Crippen molar-refractivity contribution in [2.45, 2.75) is 25.7 Å². The van der Waals surface area contributed by atoms with Crippen molar-refractivity contribution < 1.29 is 13.0 Å². The maximum atomic E-state index is 10.9. The van der Waals surface area contributed by atoms with Crippen LogP contribution in [0, 0.1) is 28.2 Å². The molecular weight excluding hydrogens is 200 g/mol. The number of hydrogen-bond acceptors (Lipinski definition) is 2. The van der Waals surface area contributed by atoms with Gasteiger partial charge in [-0.15, -0.1) is 0 Å². The minimum Gasteiger partial charge on any atom is -0.282 e. The second-order valence-electron chi connectivity index (χ2n) is 3.20. The molecule has 0 heterocycles. The fourth-order valence-electron chi connectivity index (χ4n) is 1.57. The number of aryl methyl sites for hydroxylation is 3. The number of hydrogen-bond donors (Lipinski definition) is 1. The van der Waals surface area contributed by atoms with Crippen molar-refractivity contribution >= 4 is 10.1 Å². The smallest absolute Gasteiger partial charge is 0.282 e. The van der Waals surface area contributed by atoms with Crippen LogP contribution in [0.5, 0.6) is 0 Å². The molecule has 1 N–H and O–H groups in total. The Kier molecular flexibility index (Phi) is 3.73. The Bertz CT molecular complexity index is 410. The van der Waals surface area contributed by atoms with E-state index >= 15 is 0 Å². The second kappa shape index (κ2) is 4.02. The van der Waals surface area contributed by atoms with Crippen LogP contribution in [0.25, 0.3) is 0 Å². The summed E-state index contributed by atoms with van der Waals surface area (Å²) >= 11 is 0. The fourth-order valence-corrected chi connectivity index (χ4v) is 2.51. The van der Waals surface area contributed by atoms with E-state index in [-0.39, 0.29) is 12.3 Å². The Morgan fingerprint density at radius 1 is 1.07 bits per heavy atom. The van der Waals surface area contributed by atoms with Crippen molar-refractivity contribution in [3.05, 3.63) is 36.2 Å².